The van der Waals surface area contributed by atoms with Gasteiger partial charge in [-0.3, -0.25) is 19.4 Å². The molecule has 0 radical (unpaired) electrons. The van der Waals surface area contributed by atoms with Crippen molar-refractivity contribution in [2.75, 3.05) is 19.6 Å². The van der Waals surface area contributed by atoms with Gasteiger partial charge in [-0.05, 0) is 44.1 Å². The van der Waals surface area contributed by atoms with Gasteiger partial charge in [0.2, 0.25) is 0 Å². The Kier molecular flexibility index (Phi) is 4.71. The van der Waals surface area contributed by atoms with Gasteiger partial charge in [-0.25, -0.2) is 4.98 Å². The molecule has 4 rings (SSSR count). The minimum absolute atomic E-state index is 0.212. The summed E-state index contributed by atoms with van der Waals surface area (Å²) in [6, 6.07) is 5.79. The van der Waals surface area contributed by atoms with Crippen LogP contribution in [0.1, 0.15) is 25.0 Å². The summed E-state index contributed by atoms with van der Waals surface area (Å²) >= 11 is 0. The van der Waals surface area contributed by atoms with Crippen LogP contribution in [0.3, 0.4) is 0 Å². The Balaban J connectivity index is 1.51. The number of carbonyl (C=O) groups is 1. The quantitative estimate of drug-likeness (QED) is 0.701. The third kappa shape index (κ3) is 3.77. The maximum Gasteiger partial charge on any atom is 0.152 e. The van der Waals surface area contributed by atoms with Crippen LogP contribution in [0.15, 0.2) is 30.6 Å². The summed E-state index contributed by atoms with van der Waals surface area (Å²) in [4.78, 5) is 23.7. The van der Waals surface area contributed by atoms with Crippen molar-refractivity contribution in [3.63, 3.8) is 0 Å². The van der Waals surface area contributed by atoms with Crippen molar-refractivity contribution < 1.29 is 4.79 Å². The number of fused-ring (bicyclic) bond motifs is 1. The molecular weight excluding hydrogens is 328 g/mol. The molecule has 4 heterocycles. The summed E-state index contributed by atoms with van der Waals surface area (Å²) in [6.07, 6.45) is 7.62. The molecule has 0 N–H and O–H groups in total. The highest BCUT2D eigenvalue weighted by atomic mass is 16.1. The van der Waals surface area contributed by atoms with E-state index in [-0.39, 0.29) is 5.78 Å². The predicted octanol–water partition coefficient (Wildman–Crippen LogP) is 2.02. The molecule has 7 nitrogen and oxygen atoms in total. The van der Waals surface area contributed by atoms with E-state index >= 15 is 0 Å². The first kappa shape index (κ1) is 16.8. The van der Waals surface area contributed by atoms with Gasteiger partial charge in [-0.15, -0.1) is 5.10 Å². The van der Waals surface area contributed by atoms with Crippen LogP contribution in [0.4, 0.5) is 0 Å². The van der Waals surface area contributed by atoms with Crippen LogP contribution in [0.25, 0.3) is 22.3 Å². The minimum Gasteiger partial charge on any atom is -0.298 e. The fraction of sp³-hybridized carbons (Fsp3) is 0.421. The number of ketones is 1. The number of Topliss-reactive ketones (excluding diaryl/α,β-unsaturated/α-hetero) is 1. The summed E-state index contributed by atoms with van der Waals surface area (Å²) in [5, 5.41) is 9.00. The average molecular weight is 350 g/mol. The lowest BCUT2D eigenvalue weighted by molar-refractivity contribution is -0.119. The largest absolute Gasteiger partial charge is 0.298 e. The van der Waals surface area contributed by atoms with Crippen LogP contribution in [-0.4, -0.2) is 55.3 Å². The van der Waals surface area contributed by atoms with Crippen LogP contribution in [-0.2, 0) is 18.3 Å². The number of nitrogens with zero attached hydrogens (tertiary/aromatic N) is 6. The summed E-state index contributed by atoms with van der Waals surface area (Å²) < 4.78 is 1.65. The zero-order valence-corrected chi connectivity index (χ0v) is 14.9. The molecule has 134 valence electrons. The minimum atomic E-state index is 0.212. The number of pyridine rings is 2. The molecule has 0 atom stereocenters. The molecular formula is C19H22N6O. The smallest absolute Gasteiger partial charge is 0.152 e. The number of rotatable bonds is 5. The highest BCUT2D eigenvalue weighted by Crippen LogP contribution is 2.19. The van der Waals surface area contributed by atoms with Gasteiger partial charge in [0.05, 0.1) is 30.4 Å². The predicted molar refractivity (Wildman–Crippen MR) is 98.5 cm³/mol. The van der Waals surface area contributed by atoms with E-state index < -0.39 is 0 Å². The first-order chi connectivity index (χ1) is 12.7. The molecule has 0 amide bonds. The van der Waals surface area contributed by atoms with Gasteiger partial charge >= 0.3 is 0 Å². The van der Waals surface area contributed by atoms with Crippen LogP contribution >= 0.6 is 0 Å². The molecule has 7 heteroatoms. The lowest BCUT2D eigenvalue weighted by atomic mass is 10.1. The van der Waals surface area contributed by atoms with Gasteiger partial charge in [-0.2, -0.15) is 0 Å². The molecule has 1 aliphatic rings. The Morgan fingerprint density at radius 3 is 2.77 bits per heavy atom. The van der Waals surface area contributed by atoms with Crippen molar-refractivity contribution in [1.82, 2.24) is 29.9 Å². The van der Waals surface area contributed by atoms with E-state index in [1.165, 1.54) is 19.3 Å². The Labute approximate surface area is 152 Å². The van der Waals surface area contributed by atoms with Crippen molar-refractivity contribution in [3.05, 3.63) is 36.3 Å². The molecule has 3 aromatic rings. The number of piperidine rings is 1. The number of likely N-dealkylation sites (tertiary alicyclic amines) is 1. The normalized spacial score (nSPS) is 15.4. The van der Waals surface area contributed by atoms with Crippen molar-refractivity contribution >= 4 is 16.7 Å². The number of carbonyl (C=O) groups excluding carboxylic acids is 1. The van der Waals surface area contributed by atoms with Crippen LogP contribution < -0.4 is 0 Å². The molecule has 1 saturated heterocycles. The highest BCUT2D eigenvalue weighted by Gasteiger charge is 2.15. The zero-order valence-electron chi connectivity index (χ0n) is 14.9. The molecule has 0 aromatic carbocycles. The second-order valence-corrected chi connectivity index (χ2v) is 6.89. The second-order valence-electron chi connectivity index (χ2n) is 6.89. The molecule has 0 spiro atoms. The monoisotopic (exact) mass is 350 g/mol. The molecule has 3 aromatic heterocycles. The van der Waals surface area contributed by atoms with Crippen LogP contribution in [0.5, 0.6) is 0 Å². The number of aryl methyl sites for hydroxylation is 1. The van der Waals surface area contributed by atoms with E-state index in [2.05, 4.69) is 25.2 Å². The molecule has 0 saturated carbocycles. The number of hydrogen-bond donors (Lipinski definition) is 0. The summed E-state index contributed by atoms with van der Waals surface area (Å²) in [5.41, 5.74) is 3.09. The molecule has 0 bridgehead atoms. The fourth-order valence-corrected chi connectivity index (χ4v) is 3.39. The van der Waals surface area contributed by atoms with Gasteiger partial charge in [0.15, 0.2) is 5.78 Å². The maximum atomic E-state index is 12.4. The molecule has 26 heavy (non-hydrogen) atoms. The average Bonchev–Trinajstić information content (AvgIpc) is 3.08. The van der Waals surface area contributed by atoms with Crippen LogP contribution in [0, 0.1) is 0 Å². The SMILES string of the molecule is Cn1cc(-c2ccc3cnc(CC(=O)CN4CCCCC4)cc3n2)nn1. The second kappa shape index (κ2) is 7.29. The van der Waals surface area contributed by atoms with Crippen molar-refractivity contribution in [2.24, 2.45) is 7.05 Å². The van der Waals surface area contributed by atoms with Crippen molar-refractivity contribution in [3.8, 4) is 11.4 Å². The lowest BCUT2D eigenvalue weighted by Gasteiger charge is -2.25. The molecule has 1 aliphatic heterocycles. The van der Waals surface area contributed by atoms with Crippen molar-refractivity contribution in [1.29, 1.82) is 0 Å². The summed E-state index contributed by atoms with van der Waals surface area (Å²) in [6.45, 7) is 2.58. The van der Waals surface area contributed by atoms with Gasteiger partial charge in [-0.1, -0.05) is 11.6 Å². The Morgan fingerprint density at radius 2 is 2.00 bits per heavy atom. The number of aromatic nitrogens is 5. The Bertz CT molecular complexity index is 929. The molecule has 1 fully saturated rings. The standard InChI is InChI=1S/C19H22N6O/c1-24-13-19(22-23-24)17-6-5-14-11-20-15(10-18(14)21-17)9-16(26)12-25-7-3-2-4-8-25/h5-6,10-11,13H,2-4,7-9,12H2,1H3. The fourth-order valence-electron chi connectivity index (χ4n) is 3.39. The van der Waals surface area contributed by atoms with Gasteiger partial charge in [0, 0.05) is 24.3 Å². The van der Waals surface area contributed by atoms with E-state index in [4.69, 9.17) is 0 Å². The summed E-state index contributed by atoms with van der Waals surface area (Å²) in [7, 11) is 1.83. The number of hydrogen-bond acceptors (Lipinski definition) is 6. The topological polar surface area (TPSA) is 76.8 Å². The Hall–Kier alpha value is -2.67. The van der Waals surface area contributed by atoms with Crippen molar-refractivity contribution in [2.45, 2.75) is 25.7 Å². The molecule has 0 unspecified atom stereocenters. The summed E-state index contributed by atoms with van der Waals surface area (Å²) in [5.74, 6) is 0.212. The van der Waals surface area contributed by atoms with Gasteiger partial charge in [0.25, 0.3) is 0 Å². The highest BCUT2D eigenvalue weighted by molar-refractivity contribution is 5.85. The van der Waals surface area contributed by atoms with Gasteiger partial charge < -0.3 is 0 Å². The first-order valence-electron chi connectivity index (χ1n) is 9.04. The van der Waals surface area contributed by atoms with E-state index in [1.807, 2.05) is 31.4 Å². The van der Waals surface area contributed by atoms with Gasteiger partial charge in [0.1, 0.15) is 5.69 Å². The van der Waals surface area contributed by atoms with E-state index in [0.29, 0.717) is 13.0 Å². The third-order valence-corrected chi connectivity index (χ3v) is 4.72. The third-order valence-electron chi connectivity index (χ3n) is 4.72. The van der Waals surface area contributed by atoms with E-state index in [9.17, 15) is 4.79 Å². The Morgan fingerprint density at radius 1 is 1.15 bits per heavy atom. The van der Waals surface area contributed by atoms with Crippen LogP contribution in [0.2, 0.25) is 0 Å². The zero-order chi connectivity index (χ0) is 17.9. The van der Waals surface area contributed by atoms with E-state index in [0.717, 1.165) is 41.1 Å². The molecule has 0 aliphatic carbocycles. The maximum absolute atomic E-state index is 12.4. The lowest BCUT2D eigenvalue weighted by Crippen LogP contribution is -2.35. The first-order valence-corrected chi connectivity index (χ1v) is 9.04. The van der Waals surface area contributed by atoms with E-state index in [1.54, 1.807) is 10.9 Å².